The van der Waals surface area contributed by atoms with Gasteiger partial charge in [0.1, 0.15) is 31.8 Å². The van der Waals surface area contributed by atoms with Crippen LogP contribution in [0, 0.1) is 35.1 Å². The van der Waals surface area contributed by atoms with Gasteiger partial charge < -0.3 is 33.5 Å². The first-order valence-corrected chi connectivity index (χ1v) is 20.9. The van der Waals surface area contributed by atoms with Gasteiger partial charge in [0.2, 0.25) is 0 Å². The van der Waals surface area contributed by atoms with Gasteiger partial charge in [-0.05, 0) is 55.2 Å². The normalized spacial score (nSPS) is 20.0. The molecule has 1 fully saturated rings. The van der Waals surface area contributed by atoms with E-state index < -0.39 is 26.1 Å². The predicted molar refractivity (Wildman–Crippen MR) is 199 cm³/mol. The zero-order valence-corrected chi connectivity index (χ0v) is 32.2. The Hall–Kier alpha value is -3.08. The van der Waals surface area contributed by atoms with Crippen molar-refractivity contribution in [3.63, 3.8) is 0 Å². The van der Waals surface area contributed by atoms with Gasteiger partial charge in [0, 0.05) is 25.2 Å². The van der Waals surface area contributed by atoms with Crippen molar-refractivity contribution in [1.29, 1.82) is 0 Å². The molecule has 1 aliphatic rings. The highest BCUT2D eigenvalue weighted by Gasteiger charge is 2.34. The fourth-order valence-electron chi connectivity index (χ4n) is 5.53. The molecule has 2 aromatic carbocycles. The SMILES string of the molecule is COc1ccc(CO[C@H](C#C[Si](C)(C)C)C[C@@H](O)CC#C[C@@H]2C[C@H](/C=C/[C@H](C)[C@@H](OCc3ccc(OC)cc3)C(C)C)OC(C)(C)O2)cc1. The van der Waals surface area contributed by atoms with Crippen LogP contribution in [0.2, 0.25) is 19.6 Å². The van der Waals surface area contributed by atoms with Crippen LogP contribution in [0.5, 0.6) is 11.5 Å². The van der Waals surface area contributed by atoms with Crippen LogP contribution in [-0.2, 0) is 32.2 Å². The molecule has 3 rings (SSSR count). The van der Waals surface area contributed by atoms with Crippen molar-refractivity contribution in [1.82, 2.24) is 0 Å². The van der Waals surface area contributed by atoms with Crippen molar-refractivity contribution in [2.75, 3.05) is 14.2 Å². The maximum absolute atomic E-state index is 10.9. The molecule has 0 aliphatic carbocycles. The van der Waals surface area contributed by atoms with Crippen LogP contribution in [0.3, 0.4) is 0 Å². The molecule has 8 heteroatoms. The Balaban J connectivity index is 1.57. The molecule has 0 aromatic heterocycles. The number of benzene rings is 2. The van der Waals surface area contributed by atoms with Crippen molar-refractivity contribution in [3.8, 4) is 34.8 Å². The standard InChI is InChI=1S/C41H58O7Si/c1-30(2)40(46-29-33-17-22-36(44-7)23-18-33)31(3)14-19-39-27-38(47-41(4,5)48-39)13-11-12-34(42)26-37(24-25-49(8,9)10)45-28-32-15-20-35(43-6)21-16-32/h14-23,30-31,34,37-40,42H,12,26-29H2,1-10H3/b19-14+/t31-,34-,37+,38+,39-,40-/m0/s1. The van der Waals surface area contributed by atoms with Crippen LogP contribution in [0.4, 0.5) is 0 Å². The van der Waals surface area contributed by atoms with E-state index in [1.807, 2.05) is 62.4 Å². The highest BCUT2D eigenvalue weighted by atomic mass is 28.3. The smallest absolute Gasteiger partial charge is 0.165 e. The van der Waals surface area contributed by atoms with Crippen LogP contribution in [0.1, 0.15) is 65.0 Å². The summed E-state index contributed by atoms with van der Waals surface area (Å²) in [7, 11) is 1.70. The van der Waals surface area contributed by atoms with Gasteiger partial charge >= 0.3 is 0 Å². The molecule has 1 aliphatic heterocycles. The fraction of sp³-hybridized carbons (Fsp3) is 0.561. The largest absolute Gasteiger partial charge is 0.497 e. The zero-order chi connectivity index (χ0) is 36.0. The number of hydrogen-bond acceptors (Lipinski definition) is 7. The Morgan fingerprint density at radius 2 is 1.47 bits per heavy atom. The van der Waals surface area contributed by atoms with Gasteiger partial charge in [-0.1, -0.05) is 94.6 Å². The van der Waals surface area contributed by atoms with Crippen LogP contribution >= 0.6 is 0 Å². The average molecular weight is 691 g/mol. The molecule has 1 heterocycles. The lowest BCUT2D eigenvalue weighted by Gasteiger charge is -2.38. The third kappa shape index (κ3) is 15.1. The molecule has 0 spiro atoms. The number of hydrogen-bond donors (Lipinski definition) is 1. The van der Waals surface area contributed by atoms with Crippen molar-refractivity contribution in [2.24, 2.45) is 11.8 Å². The second kappa shape index (κ2) is 19.3. The lowest BCUT2D eigenvalue weighted by molar-refractivity contribution is -0.278. The molecule has 0 radical (unpaired) electrons. The Labute approximate surface area is 296 Å². The van der Waals surface area contributed by atoms with E-state index in [2.05, 4.69) is 75.9 Å². The quantitative estimate of drug-likeness (QED) is 0.116. The minimum atomic E-state index is -1.62. The molecule has 0 unspecified atom stereocenters. The highest BCUT2D eigenvalue weighted by Crippen LogP contribution is 2.28. The summed E-state index contributed by atoms with van der Waals surface area (Å²) in [4.78, 5) is 0. The number of rotatable bonds is 15. The summed E-state index contributed by atoms with van der Waals surface area (Å²) in [5, 5.41) is 10.9. The molecule has 2 aromatic rings. The lowest BCUT2D eigenvalue weighted by atomic mass is 9.93. The van der Waals surface area contributed by atoms with E-state index >= 15 is 0 Å². The monoisotopic (exact) mass is 690 g/mol. The number of methoxy groups -OCH3 is 2. The van der Waals surface area contributed by atoms with Gasteiger partial charge in [-0.3, -0.25) is 0 Å². The molecule has 268 valence electrons. The maximum Gasteiger partial charge on any atom is 0.165 e. The van der Waals surface area contributed by atoms with Crippen LogP contribution in [0.15, 0.2) is 60.7 Å². The third-order valence-electron chi connectivity index (χ3n) is 8.02. The van der Waals surface area contributed by atoms with Crippen molar-refractivity contribution < 1.29 is 33.5 Å². The van der Waals surface area contributed by atoms with Crippen molar-refractivity contribution >= 4 is 8.07 Å². The summed E-state index contributed by atoms with van der Waals surface area (Å²) in [6, 6.07) is 15.8. The van der Waals surface area contributed by atoms with Gasteiger partial charge in [-0.2, -0.15) is 0 Å². The van der Waals surface area contributed by atoms with Crippen molar-refractivity contribution in [2.45, 2.75) is 123 Å². The summed E-state index contributed by atoms with van der Waals surface area (Å²) in [6.45, 7) is 17.9. The van der Waals surface area contributed by atoms with Crippen LogP contribution < -0.4 is 9.47 Å². The maximum atomic E-state index is 10.9. The molecular formula is C41H58O7Si. The van der Waals surface area contributed by atoms with Crippen LogP contribution in [-0.4, -0.2) is 63.7 Å². The summed E-state index contributed by atoms with van der Waals surface area (Å²) >= 11 is 0. The van der Waals surface area contributed by atoms with Gasteiger partial charge in [0.25, 0.3) is 0 Å². The summed E-state index contributed by atoms with van der Waals surface area (Å²) in [5.74, 6) is 11.1. The van der Waals surface area contributed by atoms with Crippen molar-refractivity contribution in [3.05, 3.63) is 71.8 Å². The molecule has 1 saturated heterocycles. The molecule has 49 heavy (non-hydrogen) atoms. The number of aliphatic hydroxyl groups is 1. The molecular weight excluding hydrogens is 633 g/mol. The first-order chi connectivity index (χ1) is 23.2. The van der Waals surface area contributed by atoms with Gasteiger partial charge in [-0.15, -0.1) is 5.54 Å². The fourth-order valence-corrected chi connectivity index (χ4v) is 6.12. The highest BCUT2D eigenvalue weighted by molar-refractivity contribution is 6.83. The second-order valence-electron chi connectivity index (χ2n) is 14.6. The summed E-state index contributed by atoms with van der Waals surface area (Å²) in [6.07, 6.45) is 4.08. The van der Waals surface area contributed by atoms with E-state index in [4.69, 9.17) is 28.4 Å². The molecule has 7 nitrogen and oxygen atoms in total. The number of aliphatic hydroxyl groups excluding tert-OH is 1. The Bertz CT molecular complexity index is 1420. The van der Waals surface area contributed by atoms with Gasteiger partial charge in [0.05, 0.1) is 45.7 Å². The van der Waals surface area contributed by atoms with E-state index in [0.717, 1.165) is 22.6 Å². The average Bonchev–Trinajstić information content (AvgIpc) is 3.04. The first kappa shape index (κ1) is 40.3. The lowest BCUT2D eigenvalue weighted by Crippen LogP contribution is -2.43. The minimum Gasteiger partial charge on any atom is -0.497 e. The van der Waals surface area contributed by atoms with E-state index in [9.17, 15) is 5.11 Å². The predicted octanol–water partition coefficient (Wildman–Crippen LogP) is 7.96. The topological polar surface area (TPSA) is 75.6 Å². The summed E-state index contributed by atoms with van der Waals surface area (Å²) in [5.41, 5.74) is 5.53. The first-order valence-electron chi connectivity index (χ1n) is 17.4. The molecule has 1 N–H and O–H groups in total. The molecule has 6 atom stereocenters. The number of ether oxygens (including phenoxy) is 6. The van der Waals surface area contributed by atoms with E-state index in [1.54, 1.807) is 14.2 Å². The van der Waals surface area contributed by atoms with E-state index in [-0.39, 0.29) is 24.2 Å². The Morgan fingerprint density at radius 3 is 2.00 bits per heavy atom. The minimum absolute atomic E-state index is 0.0442. The molecule has 0 bridgehead atoms. The van der Waals surface area contributed by atoms with Gasteiger partial charge in [0.15, 0.2) is 5.79 Å². The Kier molecular flexibility index (Phi) is 15.9. The molecule has 0 saturated carbocycles. The Morgan fingerprint density at radius 1 is 0.898 bits per heavy atom. The van der Waals surface area contributed by atoms with Gasteiger partial charge in [-0.25, -0.2) is 0 Å². The second-order valence-corrected chi connectivity index (χ2v) is 19.3. The zero-order valence-electron chi connectivity index (χ0n) is 31.2. The van der Waals surface area contributed by atoms with E-state index in [1.165, 1.54) is 0 Å². The third-order valence-corrected chi connectivity index (χ3v) is 8.91. The van der Waals surface area contributed by atoms with E-state index in [0.29, 0.717) is 38.4 Å². The molecule has 0 amide bonds. The summed E-state index contributed by atoms with van der Waals surface area (Å²) < 4.78 is 35.5. The van der Waals surface area contributed by atoms with Crippen LogP contribution in [0.25, 0.3) is 0 Å².